The molecule has 0 bridgehead atoms. The van der Waals surface area contributed by atoms with Crippen molar-refractivity contribution in [2.75, 3.05) is 32.8 Å². The van der Waals surface area contributed by atoms with E-state index in [1.54, 1.807) is 9.80 Å². The predicted octanol–water partition coefficient (Wildman–Crippen LogP) is 0.768. The van der Waals surface area contributed by atoms with Gasteiger partial charge in [0.25, 0.3) is 0 Å². The van der Waals surface area contributed by atoms with E-state index < -0.39 is 5.97 Å². The van der Waals surface area contributed by atoms with Crippen LogP contribution in [0, 0.1) is 0 Å². The highest BCUT2D eigenvalue weighted by atomic mass is 16.5. The van der Waals surface area contributed by atoms with Crippen LogP contribution in [0.15, 0.2) is 0 Å². The maximum absolute atomic E-state index is 12.3. The second-order valence-corrected chi connectivity index (χ2v) is 4.80. The minimum atomic E-state index is -0.854. The fourth-order valence-electron chi connectivity index (χ4n) is 2.16. The first-order valence-electron chi connectivity index (χ1n) is 6.53. The number of hydrogen-bond acceptors (Lipinski definition) is 3. The Morgan fingerprint density at radius 1 is 1.28 bits per heavy atom. The monoisotopic (exact) mass is 256 g/mol. The van der Waals surface area contributed by atoms with E-state index in [1.807, 2.05) is 0 Å². The summed E-state index contributed by atoms with van der Waals surface area (Å²) in [5.74, 6) is -0.854. The number of urea groups is 1. The summed E-state index contributed by atoms with van der Waals surface area (Å²) in [5, 5.41) is 8.73. The van der Waals surface area contributed by atoms with Gasteiger partial charge >= 0.3 is 12.0 Å². The number of carboxylic acids is 1. The number of hydrogen-bond donors (Lipinski definition) is 1. The van der Waals surface area contributed by atoms with E-state index in [9.17, 15) is 9.59 Å². The van der Waals surface area contributed by atoms with Gasteiger partial charge in [0.1, 0.15) is 0 Å². The lowest BCUT2D eigenvalue weighted by Gasteiger charge is -2.29. The Kier molecular flexibility index (Phi) is 4.41. The van der Waals surface area contributed by atoms with E-state index in [1.165, 1.54) is 0 Å². The lowest BCUT2D eigenvalue weighted by molar-refractivity contribution is -0.137. The molecule has 18 heavy (non-hydrogen) atoms. The van der Waals surface area contributed by atoms with Gasteiger partial charge in [-0.1, -0.05) is 0 Å². The van der Waals surface area contributed by atoms with Crippen molar-refractivity contribution >= 4 is 12.0 Å². The van der Waals surface area contributed by atoms with Gasteiger partial charge in [0.15, 0.2) is 0 Å². The molecule has 1 saturated heterocycles. The molecule has 0 aromatic heterocycles. The van der Waals surface area contributed by atoms with Gasteiger partial charge in [0.05, 0.1) is 13.0 Å². The fourth-order valence-corrected chi connectivity index (χ4v) is 2.16. The van der Waals surface area contributed by atoms with E-state index in [0.717, 1.165) is 19.3 Å². The fraction of sp³-hybridized carbons (Fsp3) is 0.833. The summed E-state index contributed by atoms with van der Waals surface area (Å²) in [5.41, 5.74) is 0. The molecule has 1 saturated carbocycles. The van der Waals surface area contributed by atoms with E-state index in [2.05, 4.69) is 0 Å². The number of carbonyl (C=O) groups is 2. The molecule has 2 amide bonds. The molecule has 0 atom stereocenters. The third kappa shape index (κ3) is 3.60. The Bertz CT molecular complexity index is 309. The Balaban J connectivity index is 1.91. The molecule has 2 fully saturated rings. The lowest BCUT2D eigenvalue weighted by atomic mass is 10.3. The topological polar surface area (TPSA) is 70.1 Å². The Morgan fingerprint density at radius 2 is 2.06 bits per heavy atom. The third-order valence-corrected chi connectivity index (χ3v) is 3.29. The van der Waals surface area contributed by atoms with Gasteiger partial charge in [-0.2, -0.15) is 0 Å². The Morgan fingerprint density at radius 3 is 2.72 bits per heavy atom. The highest BCUT2D eigenvalue weighted by Gasteiger charge is 2.35. The zero-order chi connectivity index (χ0) is 13.0. The molecule has 6 heteroatoms. The van der Waals surface area contributed by atoms with Crippen LogP contribution in [-0.2, 0) is 9.53 Å². The first-order valence-corrected chi connectivity index (χ1v) is 6.53. The molecule has 1 N–H and O–H groups in total. The van der Waals surface area contributed by atoms with E-state index in [0.29, 0.717) is 32.8 Å². The molecular formula is C12H20N2O4. The van der Waals surface area contributed by atoms with Gasteiger partial charge in [-0.25, -0.2) is 4.79 Å². The summed E-state index contributed by atoms with van der Waals surface area (Å²) < 4.78 is 5.32. The Labute approximate surface area is 106 Å². The second kappa shape index (κ2) is 6.04. The van der Waals surface area contributed by atoms with Gasteiger partial charge in [0, 0.05) is 32.3 Å². The molecule has 0 spiro atoms. The molecule has 2 aliphatic rings. The molecule has 0 radical (unpaired) electrons. The highest BCUT2D eigenvalue weighted by molar-refractivity contribution is 5.76. The third-order valence-electron chi connectivity index (χ3n) is 3.29. The van der Waals surface area contributed by atoms with Crippen molar-refractivity contribution < 1.29 is 19.4 Å². The summed E-state index contributed by atoms with van der Waals surface area (Å²) in [6.07, 6.45) is 2.86. The number of nitrogens with zero attached hydrogens (tertiary/aromatic N) is 2. The van der Waals surface area contributed by atoms with Gasteiger partial charge < -0.3 is 19.6 Å². The molecule has 6 nitrogen and oxygen atoms in total. The largest absolute Gasteiger partial charge is 0.481 e. The van der Waals surface area contributed by atoms with Gasteiger partial charge in [-0.05, 0) is 19.3 Å². The maximum Gasteiger partial charge on any atom is 0.320 e. The zero-order valence-corrected chi connectivity index (χ0v) is 10.5. The van der Waals surface area contributed by atoms with Crippen LogP contribution in [-0.4, -0.2) is 65.8 Å². The van der Waals surface area contributed by atoms with Crippen LogP contribution < -0.4 is 0 Å². The summed E-state index contributed by atoms with van der Waals surface area (Å²) in [7, 11) is 0. The summed E-state index contributed by atoms with van der Waals surface area (Å²) in [6, 6.07) is 0.227. The van der Waals surface area contributed by atoms with E-state index >= 15 is 0 Å². The minimum absolute atomic E-state index is 0.0204. The average molecular weight is 256 g/mol. The van der Waals surface area contributed by atoms with Crippen LogP contribution >= 0.6 is 0 Å². The summed E-state index contributed by atoms with van der Waals surface area (Å²) in [6.45, 7) is 2.89. The van der Waals surface area contributed by atoms with Crippen LogP contribution in [0.1, 0.15) is 25.7 Å². The van der Waals surface area contributed by atoms with Crippen LogP contribution in [0.2, 0.25) is 0 Å². The molecule has 1 aliphatic heterocycles. The molecular weight excluding hydrogens is 236 g/mol. The molecule has 102 valence electrons. The van der Waals surface area contributed by atoms with Crippen LogP contribution in [0.5, 0.6) is 0 Å². The summed E-state index contributed by atoms with van der Waals surface area (Å²) in [4.78, 5) is 26.5. The summed E-state index contributed by atoms with van der Waals surface area (Å²) >= 11 is 0. The van der Waals surface area contributed by atoms with E-state index in [4.69, 9.17) is 9.84 Å². The number of carbonyl (C=O) groups excluding carboxylic acids is 1. The predicted molar refractivity (Wildman–Crippen MR) is 64.4 cm³/mol. The molecule has 0 unspecified atom stereocenters. The van der Waals surface area contributed by atoms with Crippen molar-refractivity contribution in [2.45, 2.75) is 31.7 Å². The van der Waals surface area contributed by atoms with Crippen molar-refractivity contribution in [3.05, 3.63) is 0 Å². The molecule has 1 heterocycles. The number of rotatable bonds is 4. The molecule has 0 aromatic carbocycles. The van der Waals surface area contributed by atoms with Crippen molar-refractivity contribution in [2.24, 2.45) is 0 Å². The SMILES string of the molecule is O=C(O)CCN(C(=O)N1CCCOCC1)C1CC1. The number of amides is 2. The standard InChI is InChI=1S/C12H20N2O4/c15-11(16)4-6-14(10-2-3-10)12(17)13-5-1-8-18-9-7-13/h10H,1-9H2,(H,15,16). The van der Waals surface area contributed by atoms with Crippen LogP contribution in [0.25, 0.3) is 0 Å². The first kappa shape index (κ1) is 13.1. The molecule has 0 aromatic rings. The first-order chi connectivity index (χ1) is 8.68. The quantitative estimate of drug-likeness (QED) is 0.806. The highest BCUT2D eigenvalue weighted by Crippen LogP contribution is 2.28. The smallest absolute Gasteiger partial charge is 0.320 e. The molecule has 2 rings (SSSR count). The second-order valence-electron chi connectivity index (χ2n) is 4.80. The Hall–Kier alpha value is -1.30. The normalized spacial score (nSPS) is 20.3. The average Bonchev–Trinajstić information content (AvgIpc) is 3.15. The van der Waals surface area contributed by atoms with Crippen molar-refractivity contribution in [1.82, 2.24) is 9.80 Å². The van der Waals surface area contributed by atoms with Crippen molar-refractivity contribution in [1.29, 1.82) is 0 Å². The van der Waals surface area contributed by atoms with Gasteiger partial charge in [0.2, 0.25) is 0 Å². The maximum atomic E-state index is 12.3. The molecule has 1 aliphatic carbocycles. The minimum Gasteiger partial charge on any atom is -0.481 e. The number of aliphatic carboxylic acids is 1. The number of carboxylic acid groups (broad SMARTS) is 1. The zero-order valence-electron chi connectivity index (χ0n) is 10.5. The van der Waals surface area contributed by atoms with Crippen molar-refractivity contribution in [3.63, 3.8) is 0 Å². The van der Waals surface area contributed by atoms with E-state index in [-0.39, 0.29) is 18.5 Å². The lowest BCUT2D eigenvalue weighted by Crippen LogP contribution is -2.46. The van der Waals surface area contributed by atoms with Crippen LogP contribution in [0.4, 0.5) is 4.79 Å². The number of ether oxygens (including phenoxy) is 1. The van der Waals surface area contributed by atoms with Crippen molar-refractivity contribution in [3.8, 4) is 0 Å². The van der Waals surface area contributed by atoms with Crippen LogP contribution in [0.3, 0.4) is 0 Å². The van der Waals surface area contributed by atoms with Gasteiger partial charge in [-0.15, -0.1) is 0 Å². The van der Waals surface area contributed by atoms with Gasteiger partial charge in [-0.3, -0.25) is 4.79 Å².